The molecule has 8 heteroatoms. The third-order valence-corrected chi connectivity index (χ3v) is 2.68. The molecule has 0 N–H and O–H groups in total. The zero-order valence-electron chi connectivity index (χ0n) is 7.86. The van der Waals surface area contributed by atoms with E-state index < -0.39 is 34.0 Å². The molecule has 0 aliphatic rings. The lowest BCUT2D eigenvalue weighted by Crippen LogP contribution is -2.49. The Morgan fingerprint density at radius 3 is 1.76 bits per heavy atom. The highest BCUT2D eigenvalue weighted by Gasteiger charge is 2.73. The summed E-state index contributed by atoms with van der Waals surface area (Å²) >= 11 is -0.844. The van der Waals surface area contributed by atoms with Gasteiger partial charge in [-0.25, -0.2) is 0 Å². The number of benzene rings is 1. The van der Waals surface area contributed by atoms with Gasteiger partial charge in [-0.1, -0.05) is 12.1 Å². The Balaban J connectivity index is 2.96. The van der Waals surface area contributed by atoms with E-state index in [1.54, 1.807) is 0 Å². The lowest BCUT2D eigenvalue weighted by Gasteiger charge is -2.27. The van der Waals surface area contributed by atoms with Gasteiger partial charge in [-0.05, 0) is 30.0 Å². The molecule has 0 amide bonds. The molecule has 1 aromatic carbocycles. The fourth-order valence-corrected chi connectivity index (χ4v) is 1.63. The summed E-state index contributed by atoms with van der Waals surface area (Å²) in [5.74, 6) is -6.09. The Kier molecular flexibility index (Phi) is 3.66. The SMILES string of the molecule is FC(F)(F)C(F)(F)C(F)(F)Sc1cc[c]cc1. The molecule has 0 nitrogen and oxygen atoms in total. The predicted molar refractivity (Wildman–Crippen MR) is 47.1 cm³/mol. The molecule has 0 fully saturated rings. The smallest absolute Gasteiger partial charge is 0.188 e. The molecule has 0 unspecified atom stereocenters. The van der Waals surface area contributed by atoms with Crippen LogP contribution in [0.2, 0.25) is 0 Å². The van der Waals surface area contributed by atoms with Gasteiger partial charge >= 0.3 is 17.4 Å². The second-order valence-corrected chi connectivity index (χ2v) is 4.11. The predicted octanol–water partition coefficient (Wildman–Crippen LogP) is 4.37. The maximum Gasteiger partial charge on any atom is 0.460 e. The topological polar surface area (TPSA) is 0 Å². The molecule has 95 valence electrons. The molecule has 0 bridgehead atoms. The molecule has 0 aromatic heterocycles. The van der Waals surface area contributed by atoms with Crippen LogP contribution in [0.3, 0.4) is 0 Å². The maximum absolute atomic E-state index is 12.9. The first kappa shape index (κ1) is 14.1. The molecule has 1 aromatic rings. The van der Waals surface area contributed by atoms with Crippen LogP contribution in [0.4, 0.5) is 30.7 Å². The minimum absolute atomic E-state index is 0.405. The molecule has 1 radical (unpaired) electrons. The van der Waals surface area contributed by atoms with Gasteiger partial charge in [0.05, 0.1) is 0 Å². The van der Waals surface area contributed by atoms with Crippen LogP contribution in [0.15, 0.2) is 29.2 Å². The van der Waals surface area contributed by atoms with Crippen LogP contribution in [0.1, 0.15) is 0 Å². The summed E-state index contributed by atoms with van der Waals surface area (Å²) in [6.07, 6.45) is -6.30. The van der Waals surface area contributed by atoms with Crippen molar-refractivity contribution < 1.29 is 30.7 Å². The number of rotatable bonds is 3. The van der Waals surface area contributed by atoms with Gasteiger partial charge in [0.15, 0.2) is 0 Å². The van der Waals surface area contributed by atoms with E-state index in [-0.39, 0.29) is 0 Å². The van der Waals surface area contributed by atoms with Crippen LogP contribution < -0.4 is 0 Å². The largest absolute Gasteiger partial charge is 0.460 e. The Morgan fingerprint density at radius 1 is 0.882 bits per heavy atom. The molecule has 0 atom stereocenters. The second-order valence-electron chi connectivity index (χ2n) is 2.93. The molecule has 0 heterocycles. The summed E-state index contributed by atoms with van der Waals surface area (Å²) < 4.78 is 86.1. The van der Waals surface area contributed by atoms with Gasteiger partial charge in [0.2, 0.25) is 0 Å². The van der Waals surface area contributed by atoms with Gasteiger partial charge in [0.1, 0.15) is 0 Å². The lowest BCUT2D eigenvalue weighted by atomic mass is 10.3. The molecular formula is C9H4F7S. The fourth-order valence-electron chi connectivity index (χ4n) is 0.817. The third-order valence-electron chi connectivity index (χ3n) is 1.66. The van der Waals surface area contributed by atoms with Crippen molar-refractivity contribution in [2.45, 2.75) is 22.2 Å². The maximum atomic E-state index is 12.9. The van der Waals surface area contributed by atoms with Gasteiger partial charge in [-0.3, -0.25) is 0 Å². The van der Waals surface area contributed by atoms with Crippen LogP contribution in [0, 0.1) is 6.07 Å². The molecule has 0 saturated carbocycles. The van der Waals surface area contributed by atoms with Crippen molar-refractivity contribution in [3.63, 3.8) is 0 Å². The highest BCUT2D eigenvalue weighted by molar-refractivity contribution is 8.00. The molecular weight excluding hydrogens is 273 g/mol. The van der Waals surface area contributed by atoms with Crippen LogP contribution in [-0.4, -0.2) is 17.4 Å². The van der Waals surface area contributed by atoms with E-state index in [0.717, 1.165) is 24.3 Å². The van der Waals surface area contributed by atoms with Gasteiger partial charge in [0, 0.05) is 4.90 Å². The number of alkyl halides is 7. The first-order valence-electron chi connectivity index (χ1n) is 4.05. The monoisotopic (exact) mass is 277 g/mol. The van der Waals surface area contributed by atoms with Crippen molar-refractivity contribution in [1.82, 2.24) is 0 Å². The molecule has 1 rings (SSSR count). The van der Waals surface area contributed by atoms with E-state index in [2.05, 4.69) is 6.07 Å². The molecule has 0 spiro atoms. The third kappa shape index (κ3) is 2.85. The second kappa shape index (κ2) is 4.40. The van der Waals surface area contributed by atoms with Crippen molar-refractivity contribution in [3.05, 3.63) is 30.3 Å². The first-order chi connectivity index (χ1) is 7.58. The fraction of sp³-hybridized carbons (Fsp3) is 0.333. The molecule has 0 aliphatic carbocycles. The van der Waals surface area contributed by atoms with Crippen molar-refractivity contribution in [2.24, 2.45) is 0 Å². The highest BCUT2D eigenvalue weighted by atomic mass is 32.2. The van der Waals surface area contributed by atoms with E-state index in [4.69, 9.17) is 0 Å². The van der Waals surface area contributed by atoms with Crippen LogP contribution in [-0.2, 0) is 0 Å². The minimum atomic E-state index is -6.30. The Bertz CT molecular complexity index is 371. The Hall–Kier alpha value is -0.920. The van der Waals surface area contributed by atoms with E-state index in [1.807, 2.05) is 0 Å². The summed E-state index contributed by atoms with van der Waals surface area (Å²) in [5, 5.41) is -5.27. The average Bonchev–Trinajstić information content (AvgIpc) is 2.16. The van der Waals surface area contributed by atoms with E-state index in [1.165, 1.54) is 0 Å². The summed E-state index contributed by atoms with van der Waals surface area (Å²) in [6, 6.07) is 6.60. The van der Waals surface area contributed by atoms with E-state index in [0.29, 0.717) is 0 Å². The number of hydrogen-bond donors (Lipinski definition) is 0. The van der Waals surface area contributed by atoms with Crippen LogP contribution in [0.25, 0.3) is 0 Å². The molecule has 0 saturated heterocycles. The quantitative estimate of drug-likeness (QED) is 0.584. The zero-order chi connectivity index (χ0) is 13.3. The summed E-state index contributed by atoms with van der Waals surface area (Å²) in [7, 11) is 0. The van der Waals surface area contributed by atoms with E-state index in [9.17, 15) is 30.7 Å². The Morgan fingerprint density at radius 2 is 1.35 bits per heavy atom. The molecule has 17 heavy (non-hydrogen) atoms. The van der Waals surface area contributed by atoms with Gasteiger partial charge in [-0.2, -0.15) is 30.7 Å². The van der Waals surface area contributed by atoms with Crippen LogP contribution >= 0.6 is 11.8 Å². The van der Waals surface area contributed by atoms with Crippen molar-refractivity contribution >= 4 is 11.8 Å². The minimum Gasteiger partial charge on any atom is -0.188 e. The van der Waals surface area contributed by atoms with Gasteiger partial charge in [-0.15, -0.1) is 0 Å². The first-order valence-corrected chi connectivity index (χ1v) is 4.87. The van der Waals surface area contributed by atoms with Gasteiger partial charge < -0.3 is 0 Å². The van der Waals surface area contributed by atoms with E-state index >= 15 is 0 Å². The standard InChI is InChI=1S/C9H4F7S/c10-7(11,8(12,13)14)9(15,16)17-6-4-2-1-3-5-6/h2-5H. The zero-order valence-corrected chi connectivity index (χ0v) is 8.68. The average molecular weight is 277 g/mol. The van der Waals surface area contributed by atoms with Gasteiger partial charge in [0.25, 0.3) is 0 Å². The van der Waals surface area contributed by atoms with Crippen molar-refractivity contribution in [1.29, 1.82) is 0 Å². The Labute approximate surface area is 95.8 Å². The molecule has 0 aliphatic heterocycles. The summed E-state index contributed by atoms with van der Waals surface area (Å²) in [4.78, 5) is -0.405. The van der Waals surface area contributed by atoms with Crippen molar-refractivity contribution in [2.75, 3.05) is 0 Å². The number of halogens is 7. The number of hydrogen-bond acceptors (Lipinski definition) is 1. The highest BCUT2D eigenvalue weighted by Crippen LogP contribution is 2.53. The normalized spacial score (nSPS) is 13.8. The number of thioether (sulfide) groups is 1. The van der Waals surface area contributed by atoms with Crippen molar-refractivity contribution in [3.8, 4) is 0 Å². The summed E-state index contributed by atoms with van der Waals surface area (Å²) in [6.45, 7) is 0. The summed E-state index contributed by atoms with van der Waals surface area (Å²) in [5.41, 5.74) is 0. The lowest BCUT2D eigenvalue weighted by molar-refractivity contribution is -0.330. The van der Waals surface area contributed by atoms with Crippen LogP contribution in [0.5, 0.6) is 0 Å².